The van der Waals surface area contributed by atoms with Crippen molar-refractivity contribution in [2.75, 3.05) is 5.32 Å². The topological polar surface area (TPSA) is 86.0 Å². The average Bonchev–Trinajstić information content (AvgIpc) is 2.46. The third kappa shape index (κ3) is 3.93. The first-order valence-electron chi connectivity index (χ1n) is 6.88. The zero-order valence-electron chi connectivity index (χ0n) is 11.8. The van der Waals surface area contributed by atoms with Gasteiger partial charge in [-0.25, -0.2) is 4.98 Å². The Labute approximate surface area is 123 Å². The number of hydrogen-bond donors (Lipinski definition) is 2. The van der Waals surface area contributed by atoms with E-state index in [1.165, 1.54) is 0 Å². The molecule has 0 aliphatic rings. The number of aliphatic carboxylic acids is 1. The molecule has 0 bridgehead atoms. The summed E-state index contributed by atoms with van der Waals surface area (Å²) in [6.07, 6.45) is 1.52. The standard InChI is InChI=1S/C16H17N3O2/c1-11(5-4-8-16(20)21)18-15-9-12(10-17)13-6-2-3-7-14(13)19-15/h2-3,6-7,9,11H,4-5,8H2,1H3,(H,18,19)(H,20,21). The predicted molar refractivity (Wildman–Crippen MR) is 81.0 cm³/mol. The first-order valence-corrected chi connectivity index (χ1v) is 6.88. The summed E-state index contributed by atoms with van der Waals surface area (Å²) >= 11 is 0. The minimum absolute atomic E-state index is 0.101. The van der Waals surface area contributed by atoms with Gasteiger partial charge in [-0.3, -0.25) is 4.79 Å². The Morgan fingerprint density at radius 1 is 1.48 bits per heavy atom. The van der Waals surface area contributed by atoms with Gasteiger partial charge in [-0.2, -0.15) is 5.26 Å². The second kappa shape index (κ2) is 6.71. The van der Waals surface area contributed by atoms with Crippen molar-refractivity contribution >= 4 is 22.7 Å². The summed E-state index contributed by atoms with van der Waals surface area (Å²) in [6, 6.07) is 11.5. The summed E-state index contributed by atoms with van der Waals surface area (Å²) in [4.78, 5) is 15.0. The zero-order valence-corrected chi connectivity index (χ0v) is 11.8. The summed E-state index contributed by atoms with van der Waals surface area (Å²) in [5.41, 5.74) is 1.36. The summed E-state index contributed by atoms with van der Waals surface area (Å²) in [5.74, 6) is -0.133. The Bertz CT molecular complexity index is 691. The molecule has 2 N–H and O–H groups in total. The van der Waals surface area contributed by atoms with Crippen LogP contribution in [-0.4, -0.2) is 22.1 Å². The molecule has 0 fully saturated rings. The van der Waals surface area contributed by atoms with E-state index in [9.17, 15) is 10.1 Å². The minimum atomic E-state index is -0.780. The monoisotopic (exact) mass is 283 g/mol. The lowest BCUT2D eigenvalue weighted by Gasteiger charge is -2.14. The van der Waals surface area contributed by atoms with Crippen LogP contribution < -0.4 is 5.32 Å². The highest BCUT2D eigenvalue weighted by molar-refractivity contribution is 5.86. The van der Waals surface area contributed by atoms with Crippen LogP contribution in [0, 0.1) is 11.3 Å². The highest BCUT2D eigenvalue weighted by Gasteiger charge is 2.08. The zero-order chi connectivity index (χ0) is 15.2. The average molecular weight is 283 g/mol. The number of aromatic nitrogens is 1. The van der Waals surface area contributed by atoms with Crippen LogP contribution in [0.25, 0.3) is 10.9 Å². The molecule has 0 saturated heterocycles. The lowest BCUT2D eigenvalue weighted by Crippen LogP contribution is -2.16. The molecule has 21 heavy (non-hydrogen) atoms. The lowest BCUT2D eigenvalue weighted by molar-refractivity contribution is -0.137. The molecule has 1 unspecified atom stereocenters. The van der Waals surface area contributed by atoms with E-state index < -0.39 is 5.97 Å². The van der Waals surface area contributed by atoms with Gasteiger partial charge in [0.05, 0.1) is 17.1 Å². The van der Waals surface area contributed by atoms with Crippen molar-refractivity contribution in [2.24, 2.45) is 0 Å². The number of pyridine rings is 1. The van der Waals surface area contributed by atoms with Crippen LogP contribution in [0.5, 0.6) is 0 Å². The van der Waals surface area contributed by atoms with E-state index in [-0.39, 0.29) is 12.5 Å². The molecule has 1 atom stereocenters. The Hall–Kier alpha value is -2.61. The molecule has 0 saturated carbocycles. The quantitative estimate of drug-likeness (QED) is 0.850. The van der Waals surface area contributed by atoms with Crippen LogP contribution in [0.4, 0.5) is 5.82 Å². The number of carboxylic acids is 1. The van der Waals surface area contributed by atoms with Crippen LogP contribution in [0.1, 0.15) is 31.7 Å². The van der Waals surface area contributed by atoms with Gasteiger partial charge >= 0.3 is 5.97 Å². The van der Waals surface area contributed by atoms with Crippen molar-refractivity contribution < 1.29 is 9.90 Å². The molecule has 5 nitrogen and oxygen atoms in total. The fourth-order valence-corrected chi connectivity index (χ4v) is 2.23. The third-order valence-corrected chi connectivity index (χ3v) is 3.26. The molecule has 0 aliphatic heterocycles. The largest absolute Gasteiger partial charge is 0.481 e. The van der Waals surface area contributed by atoms with Crippen molar-refractivity contribution in [3.63, 3.8) is 0 Å². The number of anilines is 1. The van der Waals surface area contributed by atoms with Gasteiger partial charge in [0.25, 0.3) is 0 Å². The van der Waals surface area contributed by atoms with E-state index in [2.05, 4.69) is 16.4 Å². The number of hydrogen-bond acceptors (Lipinski definition) is 4. The Balaban J connectivity index is 2.12. The summed E-state index contributed by atoms with van der Waals surface area (Å²) in [7, 11) is 0. The van der Waals surface area contributed by atoms with Crippen molar-refractivity contribution in [2.45, 2.75) is 32.2 Å². The predicted octanol–water partition coefficient (Wildman–Crippen LogP) is 3.16. The maximum absolute atomic E-state index is 10.5. The van der Waals surface area contributed by atoms with E-state index in [4.69, 9.17) is 5.11 Å². The molecule has 1 aromatic carbocycles. The highest BCUT2D eigenvalue weighted by atomic mass is 16.4. The molecule has 2 rings (SSSR count). The van der Waals surface area contributed by atoms with Gasteiger partial charge in [-0.15, -0.1) is 0 Å². The minimum Gasteiger partial charge on any atom is -0.481 e. The first-order chi connectivity index (χ1) is 10.1. The van der Waals surface area contributed by atoms with E-state index in [0.29, 0.717) is 17.8 Å². The van der Waals surface area contributed by atoms with Crippen LogP contribution in [0.2, 0.25) is 0 Å². The van der Waals surface area contributed by atoms with Crippen LogP contribution in [0.15, 0.2) is 30.3 Å². The van der Waals surface area contributed by atoms with E-state index in [1.807, 2.05) is 31.2 Å². The molecular weight excluding hydrogens is 266 g/mol. The number of nitriles is 1. The van der Waals surface area contributed by atoms with E-state index in [0.717, 1.165) is 17.3 Å². The summed E-state index contributed by atoms with van der Waals surface area (Å²) < 4.78 is 0. The number of para-hydroxylation sites is 1. The third-order valence-electron chi connectivity index (χ3n) is 3.26. The number of carbonyl (C=O) groups is 1. The number of rotatable bonds is 6. The molecule has 0 amide bonds. The van der Waals surface area contributed by atoms with Gasteiger partial charge in [0, 0.05) is 17.8 Å². The van der Waals surface area contributed by atoms with Gasteiger partial charge in [0.2, 0.25) is 0 Å². The van der Waals surface area contributed by atoms with Crippen molar-refractivity contribution in [3.8, 4) is 6.07 Å². The number of carboxylic acid groups (broad SMARTS) is 1. The first kappa shape index (κ1) is 14.8. The number of benzene rings is 1. The maximum atomic E-state index is 10.5. The van der Waals surface area contributed by atoms with Crippen molar-refractivity contribution in [3.05, 3.63) is 35.9 Å². The fraction of sp³-hybridized carbons (Fsp3) is 0.312. The molecule has 108 valence electrons. The molecule has 0 radical (unpaired) electrons. The highest BCUT2D eigenvalue weighted by Crippen LogP contribution is 2.20. The second-order valence-electron chi connectivity index (χ2n) is 5.02. The van der Waals surface area contributed by atoms with E-state index in [1.54, 1.807) is 6.07 Å². The lowest BCUT2D eigenvalue weighted by atomic mass is 10.1. The van der Waals surface area contributed by atoms with Crippen molar-refractivity contribution in [1.82, 2.24) is 4.98 Å². The Morgan fingerprint density at radius 2 is 2.24 bits per heavy atom. The van der Waals surface area contributed by atoms with Gasteiger partial charge in [-0.1, -0.05) is 18.2 Å². The SMILES string of the molecule is CC(CCCC(=O)O)Nc1cc(C#N)c2ccccc2n1. The van der Waals surface area contributed by atoms with Gasteiger partial charge in [0.1, 0.15) is 5.82 Å². The van der Waals surface area contributed by atoms with Crippen molar-refractivity contribution in [1.29, 1.82) is 5.26 Å². The van der Waals surface area contributed by atoms with Crippen LogP contribution >= 0.6 is 0 Å². The molecule has 0 aliphatic carbocycles. The maximum Gasteiger partial charge on any atom is 0.303 e. The Morgan fingerprint density at radius 3 is 2.95 bits per heavy atom. The van der Waals surface area contributed by atoms with Gasteiger partial charge < -0.3 is 10.4 Å². The molecule has 0 spiro atoms. The van der Waals surface area contributed by atoms with Gasteiger partial charge in [-0.05, 0) is 31.9 Å². The summed E-state index contributed by atoms with van der Waals surface area (Å²) in [6.45, 7) is 1.98. The molecular formula is C16H17N3O2. The fourth-order valence-electron chi connectivity index (χ4n) is 2.23. The number of nitrogens with zero attached hydrogens (tertiary/aromatic N) is 2. The van der Waals surface area contributed by atoms with Crippen LogP contribution in [-0.2, 0) is 4.79 Å². The van der Waals surface area contributed by atoms with Crippen LogP contribution in [0.3, 0.4) is 0 Å². The normalized spacial score (nSPS) is 11.8. The van der Waals surface area contributed by atoms with Gasteiger partial charge in [0.15, 0.2) is 0 Å². The second-order valence-corrected chi connectivity index (χ2v) is 5.02. The number of nitrogens with one attached hydrogen (secondary N) is 1. The molecule has 5 heteroatoms. The molecule has 2 aromatic rings. The molecule has 1 aromatic heterocycles. The Kier molecular flexibility index (Phi) is 4.72. The van der Waals surface area contributed by atoms with E-state index >= 15 is 0 Å². The molecule has 1 heterocycles. The summed E-state index contributed by atoms with van der Waals surface area (Å²) in [5, 5.41) is 21.9. The smallest absolute Gasteiger partial charge is 0.303 e. The number of fused-ring (bicyclic) bond motifs is 1.